The fourth-order valence-electron chi connectivity index (χ4n) is 3.13. The van der Waals surface area contributed by atoms with Crippen LogP contribution < -0.4 is 5.73 Å². The van der Waals surface area contributed by atoms with E-state index in [2.05, 4.69) is 9.88 Å². The first-order valence-electron chi connectivity index (χ1n) is 7.58. The number of aryl methyl sites for hydroxylation is 1. The summed E-state index contributed by atoms with van der Waals surface area (Å²) >= 11 is 0. The zero-order valence-corrected chi connectivity index (χ0v) is 12.9. The molecule has 2 aromatic heterocycles. The summed E-state index contributed by atoms with van der Waals surface area (Å²) in [4.78, 5) is 18.1. The molecule has 0 bridgehead atoms. The number of pyridine rings is 1. The minimum Gasteiger partial charge on any atom is -0.365 e. The molecule has 1 amide bonds. The number of carbonyl (C=O) groups is 1. The maximum atomic E-state index is 13.6. The monoisotopic (exact) mass is 304 g/mol. The van der Waals surface area contributed by atoms with Crippen molar-refractivity contribution in [3.05, 3.63) is 35.3 Å². The largest absolute Gasteiger partial charge is 0.365 e. The molecular weight excluding hydrogens is 283 g/mol. The average Bonchev–Trinajstić information content (AvgIpc) is 2.84. The van der Waals surface area contributed by atoms with Crippen LogP contribution in [0.4, 0.5) is 4.39 Å². The van der Waals surface area contributed by atoms with Crippen molar-refractivity contribution < 1.29 is 9.18 Å². The molecule has 0 spiro atoms. The minimum absolute atomic E-state index is 0.0445. The van der Waals surface area contributed by atoms with E-state index >= 15 is 0 Å². The van der Waals surface area contributed by atoms with Gasteiger partial charge in [0.05, 0.1) is 5.56 Å². The highest BCUT2D eigenvalue weighted by Gasteiger charge is 2.25. The van der Waals surface area contributed by atoms with E-state index in [0.717, 1.165) is 24.3 Å². The third kappa shape index (κ3) is 2.70. The van der Waals surface area contributed by atoms with E-state index < -0.39 is 12.1 Å². The number of alkyl halides is 1. The van der Waals surface area contributed by atoms with Gasteiger partial charge in [-0.1, -0.05) is 6.92 Å². The number of nitrogens with zero attached hydrogens (tertiary/aromatic N) is 3. The van der Waals surface area contributed by atoms with Crippen molar-refractivity contribution in [1.82, 2.24) is 14.3 Å². The summed E-state index contributed by atoms with van der Waals surface area (Å²) in [7, 11) is 0. The van der Waals surface area contributed by atoms with Gasteiger partial charge in [0, 0.05) is 43.6 Å². The molecule has 1 aliphatic heterocycles. The van der Waals surface area contributed by atoms with Crippen LogP contribution in [-0.4, -0.2) is 39.5 Å². The van der Waals surface area contributed by atoms with Gasteiger partial charge in [0.25, 0.3) is 5.91 Å². The Hall–Kier alpha value is -1.95. The lowest BCUT2D eigenvalue weighted by Gasteiger charge is -2.33. The molecule has 0 aromatic carbocycles. The summed E-state index contributed by atoms with van der Waals surface area (Å²) in [5.41, 5.74) is 8.44. The highest BCUT2D eigenvalue weighted by Crippen LogP contribution is 2.22. The van der Waals surface area contributed by atoms with Crippen LogP contribution in [0.2, 0.25) is 0 Å². The van der Waals surface area contributed by atoms with Crippen molar-refractivity contribution in [2.75, 3.05) is 13.1 Å². The number of halogens is 1. The molecule has 1 aliphatic rings. The normalized spacial score (nSPS) is 23.0. The summed E-state index contributed by atoms with van der Waals surface area (Å²) in [6.07, 6.45) is 3.56. The summed E-state index contributed by atoms with van der Waals surface area (Å²) in [5.74, 6) is -0.434. The van der Waals surface area contributed by atoms with Crippen LogP contribution in [0.15, 0.2) is 18.5 Å². The van der Waals surface area contributed by atoms with E-state index in [-0.39, 0.29) is 5.92 Å². The van der Waals surface area contributed by atoms with Crippen LogP contribution in [0.25, 0.3) is 5.65 Å². The number of primary amides is 1. The zero-order chi connectivity index (χ0) is 15.9. The molecule has 118 valence electrons. The molecule has 2 aromatic rings. The molecule has 0 unspecified atom stereocenters. The van der Waals surface area contributed by atoms with Crippen molar-refractivity contribution in [2.24, 2.45) is 11.7 Å². The van der Waals surface area contributed by atoms with Crippen LogP contribution in [0.3, 0.4) is 0 Å². The van der Waals surface area contributed by atoms with Crippen LogP contribution in [0.5, 0.6) is 0 Å². The number of fused-ring (bicyclic) bond motifs is 1. The minimum atomic E-state index is -0.712. The van der Waals surface area contributed by atoms with E-state index in [9.17, 15) is 9.18 Å². The fourth-order valence-corrected chi connectivity index (χ4v) is 3.13. The third-order valence-electron chi connectivity index (χ3n) is 4.40. The Morgan fingerprint density at radius 3 is 3.00 bits per heavy atom. The van der Waals surface area contributed by atoms with Crippen molar-refractivity contribution in [2.45, 2.75) is 33.0 Å². The molecule has 22 heavy (non-hydrogen) atoms. The van der Waals surface area contributed by atoms with Gasteiger partial charge in [-0.2, -0.15) is 0 Å². The lowest BCUT2D eigenvalue weighted by atomic mass is 9.97. The predicted molar refractivity (Wildman–Crippen MR) is 82.4 cm³/mol. The number of nitrogens with two attached hydrogens (primary N) is 1. The van der Waals surface area contributed by atoms with E-state index in [1.165, 1.54) is 0 Å². The van der Waals surface area contributed by atoms with Gasteiger partial charge in [-0.3, -0.25) is 9.69 Å². The number of likely N-dealkylation sites (tertiary alicyclic amines) is 1. The average molecular weight is 304 g/mol. The maximum Gasteiger partial charge on any atom is 0.252 e. The second-order valence-corrected chi connectivity index (χ2v) is 6.24. The Balaban J connectivity index is 1.91. The SMILES string of the molecule is Cc1cnc2c(C(N)=O)cc(CN3CC[C@H](F)[C@H](C)C3)cn12. The summed E-state index contributed by atoms with van der Waals surface area (Å²) in [6.45, 7) is 6.03. The zero-order valence-electron chi connectivity index (χ0n) is 12.9. The highest BCUT2D eigenvalue weighted by atomic mass is 19.1. The number of hydrogen-bond acceptors (Lipinski definition) is 3. The van der Waals surface area contributed by atoms with Crippen molar-refractivity contribution in [1.29, 1.82) is 0 Å². The predicted octanol–water partition coefficient (Wildman–Crippen LogP) is 1.92. The quantitative estimate of drug-likeness (QED) is 0.942. The number of aromatic nitrogens is 2. The van der Waals surface area contributed by atoms with E-state index in [1.807, 2.05) is 24.4 Å². The molecule has 1 fully saturated rings. The molecule has 3 heterocycles. The van der Waals surface area contributed by atoms with Gasteiger partial charge in [0.2, 0.25) is 0 Å². The molecule has 2 N–H and O–H groups in total. The number of piperidine rings is 1. The molecule has 6 heteroatoms. The van der Waals surface area contributed by atoms with Gasteiger partial charge >= 0.3 is 0 Å². The number of carbonyl (C=O) groups excluding carboxylic acids is 1. The Labute approximate surface area is 128 Å². The van der Waals surface area contributed by atoms with Gasteiger partial charge in [0.1, 0.15) is 11.8 Å². The summed E-state index contributed by atoms with van der Waals surface area (Å²) in [6, 6.07) is 1.80. The smallest absolute Gasteiger partial charge is 0.252 e. The highest BCUT2D eigenvalue weighted by molar-refractivity contribution is 5.98. The molecule has 3 rings (SSSR count). The number of amides is 1. The lowest BCUT2D eigenvalue weighted by Crippen LogP contribution is -2.39. The maximum absolute atomic E-state index is 13.6. The van der Waals surface area contributed by atoms with Crippen molar-refractivity contribution in [3.8, 4) is 0 Å². The Morgan fingerprint density at radius 1 is 1.55 bits per heavy atom. The summed E-state index contributed by atoms with van der Waals surface area (Å²) < 4.78 is 15.5. The van der Waals surface area contributed by atoms with E-state index in [1.54, 1.807) is 12.3 Å². The Bertz CT molecular complexity index is 711. The topological polar surface area (TPSA) is 63.6 Å². The van der Waals surface area contributed by atoms with Gasteiger partial charge in [-0.15, -0.1) is 0 Å². The van der Waals surface area contributed by atoms with Crippen molar-refractivity contribution in [3.63, 3.8) is 0 Å². The van der Waals surface area contributed by atoms with E-state index in [0.29, 0.717) is 24.2 Å². The number of imidazole rings is 1. The molecule has 0 saturated carbocycles. The summed E-state index contributed by atoms with van der Waals surface area (Å²) in [5, 5.41) is 0. The van der Waals surface area contributed by atoms with Gasteiger partial charge < -0.3 is 10.1 Å². The fraction of sp³-hybridized carbons (Fsp3) is 0.500. The third-order valence-corrected chi connectivity index (χ3v) is 4.40. The van der Waals surface area contributed by atoms with E-state index in [4.69, 9.17) is 5.73 Å². The lowest BCUT2D eigenvalue weighted by molar-refractivity contribution is 0.0925. The molecule has 0 aliphatic carbocycles. The van der Waals surface area contributed by atoms with Gasteiger partial charge in [-0.25, -0.2) is 9.37 Å². The second kappa shape index (κ2) is 5.68. The van der Waals surface area contributed by atoms with Crippen LogP contribution in [0.1, 0.15) is 35.0 Å². The van der Waals surface area contributed by atoms with Crippen molar-refractivity contribution >= 4 is 11.6 Å². The Morgan fingerprint density at radius 2 is 2.32 bits per heavy atom. The first-order chi connectivity index (χ1) is 10.5. The standard InChI is InChI=1S/C16H21FN4O/c1-10-7-20(4-3-14(10)17)8-12-5-13(15(18)22)16-19-6-11(2)21(16)9-12/h5-6,9-10,14H,3-4,7-8H2,1-2H3,(H2,18,22)/t10-,14+/m1/s1. The number of rotatable bonds is 3. The second-order valence-electron chi connectivity index (χ2n) is 6.24. The molecule has 5 nitrogen and oxygen atoms in total. The van der Waals surface area contributed by atoms with Crippen LogP contribution in [0, 0.1) is 12.8 Å². The molecule has 2 atom stereocenters. The first-order valence-corrected chi connectivity index (χ1v) is 7.58. The van der Waals surface area contributed by atoms with Crippen LogP contribution >= 0.6 is 0 Å². The Kier molecular flexibility index (Phi) is 3.87. The first kappa shape index (κ1) is 15.0. The van der Waals surface area contributed by atoms with Gasteiger partial charge in [0.15, 0.2) is 0 Å². The van der Waals surface area contributed by atoms with Crippen LogP contribution in [-0.2, 0) is 6.54 Å². The van der Waals surface area contributed by atoms with Gasteiger partial charge in [-0.05, 0) is 25.0 Å². The molecular formula is C16H21FN4O. The molecule has 0 radical (unpaired) electrons. The number of hydrogen-bond donors (Lipinski definition) is 1. The molecule has 1 saturated heterocycles.